The number of hydrogen-bond acceptors (Lipinski definition) is 1. The molecule has 1 amide bonds. The van der Waals surface area contributed by atoms with Crippen molar-refractivity contribution in [3.63, 3.8) is 0 Å². The summed E-state index contributed by atoms with van der Waals surface area (Å²) in [5, 5.41) is 0. The first-order valence-electron chi connectivity index (χ1n) is 4.00. The van der Waals surface area contributed by atoms with Gasteiger partial charge in [-0.05, 0) is 12.3 Å². The van der Waals surface area contributed by atoms with Gasteiger partial charge in [-0.25, -0.2) is 0 Å². The predicted octanol–water partition coefficient (Wildman–Crippen LogP) is 1.90. The second kappa shape index (κ2) is 3.24. The van der Waals surface area contributed by atoms with Crippen LogP contribution >= 0.6 is 0 Å². The molecular weight excluding hydrogens is 138 g/mol. The topological polar surface area (TPSA) is 20.3 Å². The normalized spacial score (nSPS) is 14.4. The van der Waals surface area contributed by atoms with Gasteiger partial charge in [-0.3, -0.25) is 4.79 Å². The molecule has 66 valence electrons. The third kappa shape index (κ3) is 2.91. The summed E-state index contributed by atoms with van der Waals surface area (Å²) in [4.78, 5) is 12.7. The Bertz CT molecular complexity index is 146. The van der Waals surface area contributed by atoms with Crippen LogP contribution in [-0.2, 0) is 4.79 Å². The Hall–Kier alpha value is -0.530. The maximum atomic E-state index is 11.0. The molecule has 0 aliphatic heterocycles. The summed E-state index contributed by atoms with van der Waals surface area (Å²) in [5.41, 5.74) is 0.167. The third-order valence-electron chi connectivity index (χ3n) is 2.33. The Morgan fingerprint density at radius 2 is 1.73 bits per heavy atom. The van der Waals surface area contributed by atoms with Gasteiger partial charge in [-0.2, -0.15) is 0 Å². The van der Waals surface area contributed by atoms with E-state index in [9.17, 15) is 4.79 Å². The van der Waals surface area contributed by atoms with Gasteiger partial charge in [0.2, 0.25) is 5.91 Å². The molecule has 0 fully saturated rings. The lowest BCUT2D eigenvalue weighted by atomic mass is 9.87. The molecule has 0 saturated carbocycles. The van der Waals surface area contributed by atoms with Gasteiger partial charge in [0.15, 0.2) is 0 Å². The number of carbonyl (C=O) groups excluding carboxylic acids is 1. The van der Waals surface area contributed by atoms with E-state index < -0.39 is 0 Å². The van der Waals surface area contributed by atoms with Crippen LogP contribution in [0.15, 0.2) is 0 Å². The maximum Gasteiger partial charge on any atom is 0.219 e. The molecule has 0 aromatic rings. The van der Waals surface area contributed by atoms with Gasteiger partial charge in [0.05, 0.1) is 0 Å². The van der Waals surface area contributed by atoms with Crippen LogP contribution in [0.25, 0.3) is 0 Å². The number of carbonyl (C=O) groups is 1. The van der Waals surface area contributed by atoms with E-state index in [-0.39, 0.29) is 11.3 Å². The second-order valence-electron chi connectivity index (χ2n) is 4.17. The average Bonchev–Trinajstić information content (AvgIpc) is 1.82. The highest BCUT2D eigenvalue weighted by Crippen LogP contribution is 2.22. The molecule has 0 N–H and O–H groups in total. The maximum absolute atomic E-state index is 11.0. The number of hydrogen-bond donors (Lipinski definition) is 0. The molecule has 0 aliphatic rings. The van der Waals surface area contributed by atoms with Crippen LogP contribution in [0.2, 0.25) is 0 Å². The molecule has 0 unspecified atom stereocenters. The summed E-state index contributed by atoms with van der Waals surface area (Å²) >= 11 is 0. The van der Waals surface area contributed by atoms with E-state index in [0.29, 0.717) is 6.04 Å². The zero-order chi connectivity index (χ0) is 9.23. The Morgan fingerprint density at radius 3 is 1.82 bits per heavy atom. The summed E-state index contributed by atoms with van der Waals surface area (Å²) in [5.74, 6) is 0.132. The minimum absolute atomic E-state index is 0.132. The summed E-state index contributed by atoms with van der Waals surface area (Å²) in [7, 11) is 1.85. The molecular formula is C9H19NO. The highest BCUT2D eigenvalue weighted by atomic mass is 16.2. The molecule has 1 atom stereocenters. The molecule has 0 saturated heterocycles. The number of nitrogens with zero attached hydrogens (tertiary/aromatic N) is 1. The summed E-state index contributed by atoms with van der Waals surface area (Å²) in [6.07, 6.45) is 0. The van der Waals surface area contributed by atoms with E-state index in [1.807, 2.05) is 7.05 Å². The largest absolute Gasteiger partial charge is 0.343 e. The van der Waals surface area contributed by atoms with Crippen LogP contribution in [0.3, 0.4) is 0 Å². The molecule has 0 spiro atoms. The zero-order valence-corrected chi connectivity index (χ0v) is 8.43. The highest BCUT2D eigenvalue weighted by molar-refractivity contribution is 5.73. The molecule has 11 heavy (non-hydrogen) atoms. The molecule has 0 rings (SSSR count). The second-order valence-corrected chi connectivity index (χ2v) is 4.17. The summed E-state index contributed by atoms with van der Waals surface area (Å²) in [6.45, 7) is 10.1. The van der Waals surface area contributed by atoms with Crippen LogP contribution in [0.1, 0.15) is 34.6 Å². The van der Waals surface area contributed by atoms with Gasteiger partial charge in [0.1, 0.15) is 0 Å². The molecule has 2 heteroatoms. The van der Waals surface area contributed by atoms with Crippen molar-refractivity contribution in [1.82, 2.24) is 4.90 Å². The van der Waals surface area contributed by atoms with E-state index in [1.54, 1.807) is 11.8 Å². The molecule has 0 aromatic carbocycles. The third-order valence-corrected chi connectivity index (χ3v) is 2.33. The van der Waals surface area contributed by atoms with Crippen LogP contribution in [0, 0.1) is 5.41 Å². The molecule has 2 nitrogen and oxygen atoms in total. The van der Waals surface area contributed by atoms with Gasteiger partial charge >= 0.3 is 0 Å². The standard InChI is InChI=1S/C9H19NO/c1-7(9(3,4)5)10(6)8(2)11/h7H,1-6H3/t7-/m0/s1. The lowest BCUT2D eigenvalue weighted by Gasteiger charge is -2.34. The van der Waals surface area contributed by atoms with Crippen molar-refractivity contribution >= 4 is 5.91 Å². The molecule has 0 radical (unpaired) electrons. The first-order valence-corrected chi connectivity index (χ1v) is 4.00. The van der Waals surface area contributed by atoms with Gasteiger partial charge in [-0.15, -0.1) is 0 Å². The first-order chi connectivity index (χ1) is 4.76. The van der Waals surface area contributed by atoms with Crippen molar-refractivity contribution in [2.75, 3.05) is 7.05 Å². The van der Waals surface area contributed by atoms with Crippen molar-refractivity contribution in [3.8, 4) is 0 Å². The highest BCUT2D eigenvalue weighted by Gasteiger charge is 2.24. The number of rotatable bonds is 1. The first kappa shape index (κ1) is 10.5. The number of amides is 1. The van der Waals surface area contributed by atoms with Crippen molar-refractivity contribution in [3.05, 3.63) is 0 Å². The monoisotopic (exact) mass is 157 g/mol. The summed E-state index contributed by atoms with van der Waals surface area (Å²) < 4.78 is 0. The van der Waals surface area contributed by atoms with Crippen molar-refractivity contribution in [1.29, 1.82) is 0 Å². The van der Waals surface area contributed by atoms with Crippen LogP contribution in [-0.4, -0.2) is 23.9 Å². The molecule has 0 heterocycles. The molecule has 0 aliphatic carbocycles. The Labute approximate surface area is 69.6 Å². The fourth-order valence-electron chi connectivity index (χ4n) is 0.854. The van der Waals surface area contributed by atoms with E-state index >= 15 is 0 Å². The lowest BCUT2D eigenvalue weighted by Crippen LogP contribution is -2.41. The Kier molecular flexibility index (Phi) is 3.09. The zero-order valence-electron chi connectivity index (χ0n) is 8.43. The predicted molar refractivity (Wildman–Crippen MR) is 47.4 cm³/mol. The van der Waals surface area contributed by atoms with E-state index in [4.69, 9.17) is 0 Å². The van der Waals surface area contributed by atoms with Gasteiger partial charge in [0, 0.05) is 20.0 Å². The fraction of sp³-hybridized carbons (Fsp3) is 0.889. The van der Waals surface area contributed by atoms with E-state index in [1.165, 1.54) is 0 Å². The summed E-state index contributed by atoms with van der Waals surface area (Å²) in [6, 6.07) is 0.292. The minimum atomic E-state index is 0.132. The molecule has 0 bridgehead atoms. The quantitative estimate of drug-likeness (QED) is 0.569. The smallest absolute Gasteiger partial charge is 0.219 e. The van der Waals surface area contributed by atoms with Crippen molar-refractivity contribution in [2.45, 2.75) is 40.7 Å². The van der Waals surface area contributed by atoms with Crippen LogP contribution in [0.5, 0.6) is 0 Å². The Balaban J connectivity index is 4.25. The lowest BCUT2D eigenvalue weighted by molar-refractivity contribution is -0.131. The van der Waals surface area contributed by atoms with E-state index in [0.717, 1.165) is 0 Å². The van der Waals surface area contributed by atoms with Crippen LogP contribution < -0.4 is 0 Å². The van der Waals surface area contributed by atoms with Crippen molar-refractivity contribution in [2.24, 2.45) is 5.41 Å². The van der Waals surface area contributed by atoms with Gasteiger partial charge < -0.3 is 4.90 Å². The van der Waals surface area contributed by atoms with Crippen molar-refractivity contribution < 1.29 is 4.79 Å². The molecule has 0 aromatic heterocycles. The average molecular weight is 157 g/mol. The van der Waals surface area contributed by atoms with Crippen LogP contribution in [0.4, 0.5) is 0 Å². The van der Waals surface area contributed by atoms with Gasteiger partial charge in [-0.1, -0.05) is 20.8 Å². The SMILES string of the molecule is CC(=O)N(C)[C@@H](C)C(C)(C)C. The Morgan fingerprint density at radius 1 is 1.36 bits per heavy atom. The van der Waals surface area contributed by atoms with E-state index in [2.05, 4.69) is 27.7 Å². The minimum Gasteiger partial charge on any atom is -0.343 e. The fourth-order valence-corrected chi connectivity index (χ4v) is 0.854. The van der Waals surface area contributed by atoms with Gasteiger partial charge in [0.25, 0.3) is 0 Å².